The van der Waals surface area contributed by atoms with Gasteiger partial charge in [0.25, 0.3) is 0 Å². The first-order valence-electron chi connectivity index (χ1n) is 5.78. The van der Waals surface area contributed by atoms with Gasteiger partial charge in [0.15, 0.2) is 5.75 Å². The van der Waals surface area contributed by atoms with Gasteiger partial charge in [-0.25, -0.2) is 4.79 Å². The van der Waals surface area contributed by atoms with Crippen LogP contribution in [-0.4, -0.2) is 11.1 Å². The lowest BCUT2D eigenvalue weighted by Gasteiger charge is -2.09. The van der Waals surface area contributed by atoms with Gasteiger partial charge in [-0.3, -0.25) is 0 Å². The van der Waals surface area contributed by atoms with Crippen molar-refractivity contribution in [2.45, 2.75) is 6.92 Å². The number of amides is 2. The van der Waals surface area contributed by atoms with E-state index in [1.807, 2.05) is 19.1 Å². The first-order valence-corrected chi connectivity index (χ1v) is 6.54. The summed E-state index contributed by atoms with van der Waals surface area (Å²) >= 11 is 11.5. The van der Waals surface area contributed by atoms with Crippen LogP contribution in [0.25, 0.3) is 0 Å². The van der Waals surface area contributed by atoms with E-state index in [9.17, 15) is 9.90 Å². The molecule has 2 amide bonds. The van der Waals surface area contributed by atoms with Crippen molar-refractivity contribution < 1.29 is 9.90 Å². The molecular weight excluding hydrogens is 299 g/mol. The summed E-state index contributed by atoms with van der Waals surface area (Å²) < 4.78 is 0. The van der Waals surface area contributed by atoms with Gasteiger partial charge in [0, 0.05) is 11.4 Å². The molecule has 3 N–H and O–H groups in total. The Balaban J connectivity index is 2.06. The zero-order chi connectivity index (χ0) is 14.7. The largest absolute Gasteiger partial charge is 0.505 e. The molecule has 6 heteroatoms. The third kappa shape index (κ3) is 3.56. The number of halogens is 2. The van der Waals surface area contributed by atoms with Crippen LogP contribution in [0.1, 0.15) is 5.56 Å². The number of carbonyl (C=O) groups is 1. The smallest absolute Gasteiger partial charge is 0.323 e. The molecule has 0 aliphatic heterocycles. The van der Waals surface area contributed by atoms with E-state index in [1.54, 1.807) is 12.1 Å². The van der Waals surface area contributed by atoms with Crippen LogP contribution in [0.3, 0.4) is 0 Å². The molecule has 0 saturated heterocycles. The Hall–Kier alpha value is -1.91. The van der Waals surface area contributed by atoms with Crippen molar-refractivity contribution in [2.75, 3.05) is 10.6 Å². The highest BCUT2D eigenvalue weighted by Gasteiger charge is 2.09. The molecule has 0 aliphatic carbocycles. The molecule has 0 bridgehead atoms. The normalized spacial score (nSPS) is 10.2. The number of rotatable bonds is 2. The number of phenolic OH excluding ortho intramolecular Hbond substituents is 1. The van der Waals surface area contributed by atoms with Crippen molar-refractivity contribution in [3.8, 4) is 5.75 Å². The Kier molecular flexibility index (Phi) is 4.37. The van der Waals surface area contributed by atoms with Crippen LogP contribution in [0.15, 0.2) is 36.4 Å². The molecule has 0 aliphatic rings. The van der Waals surface area contributed by atoms with E-state index in [4.69, 9.17) is 23.2 Å². The quantitative estimate of drug-likeness (QED) is 0.707. The summed E-state index contributed by atoms with van der Waals surface area (Å²) in [6, 6.07) is 9.78. The minimum atomic E-state index is -0.424. The zero-order valence-electron chi connectivity index (χ0n) is 10.6. The highest BCUT2D eigenvalue weighted by molar-refractivity contribution is 6.37. The summed E-state index contributed by atoms with van der Waals surface area (Å²) in [5.74, 6) is -0.210. The van der Waals surface area contributed by atoms with Crippen LogP contribution in [-0.2, 0) is 0 Å². The third-order valence-corrected chi connectivity index (χ3v) is 3.16. The van der Waals surface area contributed by atoms with Crippen molar-refractivity contribution in [2.24, 2.45) is 0 Å². The SMILES string of the molecule is Cc1ccc(NC(=O)Nc2cc(Cl)c(O)c(Cl)c2)cc1. The Labute approximate surface area is 126 Å². The molecule has 0 heterocycles. The standard InChI is InChI=1S/C14H12Cl2N2O2/c1-8-2-4-9(5-3-8)17-14(20)18-10-6-11(15)13(19)12(16)7-10/h2-7,19H,1H3,(H2,17,18,20). The first kappa shape index (κ1) is 14.5. The summed E-state index contributed by atoms with van der Waals surface area (Å²) in [5, 5.41) is 14.8. The van der Waals surface area contributed by atoms with E-state index >= 15 is 0 Å². The molecule has 20 heavy (non-hydrogen) atoms. The van der Waals surface area contributed by atoms with Crippen molar-refractivity contribution in [3.63, 3.8) is 0 Å². The summed E-state index contributed by atoms with van der Waals surface area (Å²) in [5.41, 5.74) is 2.17. The lowest BCUT2D eigenvalue weighted by molar-refractivity contribution is 0.262. The van der Waals surface area contributed by atoms with Crippen molar-refractivity contribution in [1.82, 2.24) is 0 Å². The van der Waals surface area contributed by atoms with Crippen molar-refractivity contribution >= 4 is 40.6 Å². The van der Waals surface area contributed by atoms with Gasteiger partial charge in [0.05, 0.1) is 10.0 Å². The maximum absolute atomic E-state index is 11.8. The lowest BCUT2D eigenvalue weighted by Crippen LogP contribution is -2.19. The number of anilines is 2. The molecule has 2 aromatic rings. The number of aromatic hydroxyl groups is 1. The van der Waals surface area contributed by atoms with Crippen molar-refractivity contribution in [3.05, 3.63) is 52.0 Å². The van der Waals surface area contributed by atoms with Crippen LogP contribution in [0.5, 0.6) is 5.75 Å². The fourth-order valence-corrected chi connectivity index (χ4v) is 2.06. The molecule has 0 spiro atoms. The summed E-state index contributed by atoms with van der Waals surface area (Å²) in [6.45, 7) is 1.96. The van der Waals surface area contributed by atoms with Crippen LogP contribution < -0.4 is 10.6 Å². The van der Waals surface area contributed by atoms with Crippen molar-refractivity contribution in [1.29, 1.82) is 0 Å². The van der Waals surface area contributed by atoms with E-state index < -0.39 is 6.03 Å². The van der Waals surface area contributed by atoms with Crippen LogP contribution in [0, 0.1) is 6.92 Å². The molecule has 0 fully saturated rings. The fourth-order valence-electron chi connectivity index (χ4n) is 1.57. The van der Waals surface area contributed by atoms with Gasteiger partial charge in [-0.1, -0.05) is 40.9 Å². The number of hydrogen-bond donors (Lipinski definition) is 3. The molecule has 0 aromatic heterocycles. The average molecular weight is 311 g/mol. The number of hydrogen-bond acceptors (Lipinski definition) is 2. The highest BCUT2D eigenvalue weighted by atomic mass is 35.5. The van der Waals surface area contributed by atoms with Crippen LogP contribution in [0.4, 0.5) is 16.2 Å². The van der Waals surface area contributed by atoms with Crippen LogP contribution >= 0.6 is 23.2 Å². The van der Waals surface area contributed by atoms with E-state index in [2.05, 4.69) is 10.6 Å². The summed E-state index contributed by atoms with van der Waals surface area (Å²) in [7, 11) is 0. The number of benzene rings is 2. The predicted molar refractivity (Wildman–Crippen MR) is 81.9 cm³/mol. The first-order chi connectivity index (χ1) is 9.45. The fraction of sp³-hybridized carbons (Fsp3) is 0.0714. The third-order valence-electron chi connectivity index (χ3n) is 2.58. The van der Waals surface area contributed by atoms with Gasteiger partial charge in [-0.15, -0.1) is 0 Å². The van der Waals surface area contributed by atoms with E-state index in [0.717, 1.165) is 5.56 Å². The molecular formula is C14H12Cl2N2O2. The zero-order valence-corrected chi connectivity index (χ0v) is 12.1. The van der Waals surface area contributed by atoms with E-state index in [1.165, 1.54) is 12.1 Å². The Morgan fingerprint density at radius 2 is 1.50 bits per heavy atom. The minimum absolute atomic E-state index is 0.0723. The molecule has 0 atom stereocenters. The molecule has 0 saturated carbocycles. The van der Waals surface area contributed by atoms with Gasteiger partial charge in [-0.05, 0) is 31.2 Å². The average Bonchev–Trinajstić information content (AvgIpc) is 2.38. The molecule has 2 aromatic carbocycles. The molecule has 0 unspecified atom stereocenters. The van der Waals surface area contributed by atoms with E-state index in [0.29, 0.717) is 11.4 Å². The predicted octanol–water partition coefficient (Wildman–Crippen LogP) is 4.65. The monoisotopic (exact) mass is 310 g/mol. The Bertz CT molecular complexity index is 619. The maximum Gasteiger partial charge on any atom is 0.323 e. The molecule has 104 valence electrons. The highest BCUT2D eigenvalue weighted by Crippen LogP contribution is 2.34. The second-order valence-electron chi connectivity index (χ2n) is 4.23. The lowest BCUT2D eigenvalue weighted by atomic mass is 10.2. The molecule has 4 nitrogen and oxygen atoms in total. The summed E-state index contributed by atoms with van der Waals surface area (Å²) in [6.07, 6.45) is 0. The number of urea groups is 1. The van der Waals surface area contributed by atoms with Crippen LogP contribution in [0.2, 0.25) is 10.0 Å². The number of phenols is 1. The van der Waals surface area contributed by atoms with Gasteiger partial charge in [0.2, 0.25) is 0 Å². The van der Waals surface area contributed by atoms with Gasteiger partial charge >= 0.3 is 6.03 Å². The van der Waals surface area contributed by atoms with Gasteiger partial charge in [0.1, 0.15) is 0 Å². The number of carbonyl (C=O) groups excluding carboxylic acids is 1. The Morgan fingerprint density at radius 3 is 2.05 bits per heavy atom. The van der Waals surface area contributed by atoms with Gasteiger partial charge in [-0.2, -0.15) is 0 Å². The number of nitrogens with one attached hydrogen (secondary N) is 2. The second kappa shape index (κ2) is 6.03. The second-order valence-corrected chi connectivity index (χ2v) is 5.05. The summed E-state index contributed by atoms with van der Waals surface area (Å²) in [4.78, 5) is 11.8. The number of aryl methyl sites for hydroxylation is 1. The van der Waals surface area contributed by atoms with Gasteiger partial charge < -0.3 is 15.7 Å². The molecule has 0 radical (unpaired) electrons. The minimum Gasteiger partial charge on any atom is -0.505 e. The topological polar surface area (TPSA) is 61.4 Å². The van der Waals surface area contributed by atoms with E-state index in [-0.39, 0.29) is 15.8 Å². The molecule has 2 rings (SSSR count). The maximum atomic E-state index is 11.8. The Morgan fingerprint density at radius 1 is 1.00 bits per heavy atom.